The lowest BCUT2D eigenvalue weighted by molar-refractivity contribution is -0.387. The fourth-order valence-electron chi connectivity index (χ4n) is 1.96. The summed E-state index contributed by atoms with van der Waals surface area (Å²) in [5.74, 6) is -0.738. The van der Waals surface area contributed by atoms with Gasteiger partial charge in [-0.2, -0.15) is 0 Å². The number of rotatable bonds is 4. The van der Waals surface area contributed by atoms with Gasteiger partial charge in [0.2, 0.25) is 0 Å². The molecule has 0 heterocycles. The topological polar surface area (TPSA) is 63.5 Å². The van der Waals surface area contributed by atoms with Gasteiger partial charge in [-0.15, -0.1) is 0 Å². The minimum atomic E-state index is -0.550. The summed E-state index contributed by atoms with van der Waals surface area (Å²) in [6.45, 7) is 1.47. The molecule has 0 fully saturated rings. The molecule has 0 unspecified atom stereocenters. The fraction of sp³-hybridized carbons (Fsp3) is 0.188. The first-order chi connectivity index (χ1) is 10.8. The summed E-state index contributed by atoms with van der Waals surface area (Å²) in [4.78, 5) is 25.0. The van der Waals surface area contributed by atoms with E-state index in [1.54, 1.807) is 38.4 Å². The molecule has 0 saturated carbocycles. The highest BCUT2D eigenvalue weighted by molar-refractivity contribution is 7.99. The lowest BCUT2D eigenvalue weighted by atomic mass is 10.2. The van der Waals surface area contributed by atoms with E-state index in [9.17, 15) is 19.3 Å². The first-order valence-electron chi connectivity index (χ1n) is 6.74. The minimum absolute atomic E-state index is 0.164. The van der Waals surface area contributed by atoms with E-state index < -0.39 is 10.7 Å². The Balaban J connectivity index is 2.50. The summed E-state index contributed by atoms with van der Waals surface area (Å²) in [6.07, 6.45) is 0. The first-order valence-corrected chi connectivity index (χ1v) is 7.56. The Morgan fingerprint density at radius 3 is 2.48 bits per heavy atom. The normalized spacial score (nSPS) is 10.4. The summed E-state index contributed by atoms with van der Waals surface area (Å²) in [7, 11) is 3.25. The molecular weight excluding hydrogens is 319 g/mol. The highest BCUT2D eigenvalue weighted by Gasteiger charge is 2.20. The Bertz CT molecular complexity index is 778. The van der Waals surface area contributed by atoms with Gasteiger partial charge >= 0.3 is 0 Å². The summed E-state index contributed by atoms with van der Waals surface area (Å²) >= 11 is 1.01. The molecule has 2 aromatic carbocycles. The number of hydrogen-bond acceptors (Lipinski definition) is 4. The number of aryl methyl sites for hydroxylation is 1. The second kappa shape index (κ2) is 6.78. The number of carbonyl (C=O) groups is 1. The van der Waals surface area contributed by atoms with Crippen molar-refractivity contribution < 1.29 is 14.1 Å². The van der Waals surface area contributed by atoms with Crippen molar-refractivity contribution in [2.75, 3.05) is 14.1 Å². The average Bonchev–Trinajstić information content (AvgIpc) is 2.50. The number of benzene rings is 2. The van der Waals surface area contributed by atoms with Gasteiger partial charge in [-0.1, -0.05) is 23.9 Å². The second-order valence-electron chi connectivity index (χ2n) is 5.12. The van der Waals surface area contributed by atoms with Gasteiger partial charge in [-0.25, -0.2) is 4.39 Å². The molecule has 0 aliphatic rings. The number of halogens is 1. The van der Waals surface area contributed by atoms with Gasteiger partial charge in [-0.3, -0.25) is 14.9 Å². The monoisotopic (exact) mass is 334 g/mol. The maximum Gasteiger partial charge on any atom is 0.283 e. The van der Waals surface area contributed by atoms with Crippen LogP contribution in [0.4, 0.5) is 10.1 Å². The van der Waals surface area contributed by atoms with Gasteiger partial charge in [0.05, 0.1) is 15.4 Å². The Kier molecular flexibility index (Phi) is 5.00. The molecule has 2 aromatic rings. The molecule has 1 amide bonds. The Labute approximate surface area is 137 Å². The van der Waals surface area contributed by atoms with E-state index in [0.29, 0.717) is 10.5 Å². The molecule has 0 N–H and O–H groups in total. The van der Waals surface area contributed by atoms with Crippen LogP contribution in [0.25, 0.3) is 0 Å². The molecule has 0 radical (unpaired) electrons. The summed E-state index contributed by atoms with van der Waals surface area (Å²) < 4.78 is 13.8. The number of nitro groups is 1. The van der Waals surface area contributed by atoms with Crippen molar-refractivity contribution in [2.24, 2.45) is 0 Å². The molecule has 2 rings (SSSR count). The van der Waals surface area contributed by atoms with Crippen LogP contribution in [0.2, 0.25) is 0 Å². The molecule has 0 aliphatic heterocycles. The summed E-state index contributed by atoms with van der Waals surface area (Å²) in [5.41, 5.74) is 0.442. The fourth-order valence-corrected chi connectivity index (χ4v) is 3.01. The van der Waals surface area contributed by atoms with Crippen LogP contribution in [0, 0.1) is 22.9 Å². The van der Waals surface area contributed by atoms with Crippen molar-refractivity contribution in [3.63, 3.8) is 0 Å². The zero-order chi connectivity index (χ0) is 17.1. The molecule has 0 spiro atoms. The Morgan fingerprint density at radius 2 is 1.87 bits per heavy atom. The SMILES string of the molecule is Cc1cc([N+](=O)[O-])c(Sc2ccccc2C(=O)N(C)C)cc1F. The molecule has 0 aromatic heterocycles. The third-order valence-corrected chi connectivity index (χ3v) is 4.30. The van der Waals surface area contributed by atoms with Crippen LogP contribution in [-0.2, 0) is 0 Å². The van der Waals surface area contributed by atoms with Crippen LogP contribution >= 0.6 is 11.8 Å². The highest BCUT2D eigenvalue weighted by atomic mass is 32.2. The van der Waals surface area contributed by atoms with Crippen LogP contribution in [0.3, 0.4) is 0 Å². The van der Waals surface area contributed by atoms with Crippen molar-refractivity contribution in [3.05, 3.63) is 63.5 Å². The van der Waals surface area contributed by atoms with Crippen molar-refractivity contribution >= 4 is 23.4 Å². The predicted molar refractivity (Wildman–Crippen MR) is 86.4 cm³/mol. The van der Waals surface area contributed by atoms with Crippen LogP contribution < -0.4 is 0 Å². The molecule has 0 atom stereocenters. The van der Waals surface area contributed by atoms with E-state index in [1.807, 2.05) is 0 Å². The number of carbonyl (C=O) groups excluding carboxylic acids is 1. The highest BCUT2D eigenvalue weighted by Crippen LogP contribution is 2.38. The molecule has 0 bridgehead atoms. The molecule has 120 valence electrons. The van der Waals surface area contributed by atoms with Gasteiger partial charge in [0.15, 0.2) is 0 Å². The molecule has 0 aliphatic carbocycles. The standard InChI is InChI=1S/C16H15FN2O3S/c1-10-8-13(19(21)22)15(9-12(10)17)23-14-7-5-4-6-11(14)16(20)18(2)3/h4-9H,1-3H3. The van der Waals surface area contributed by atoms with E-state index in [0.717, 1.165) is 17.8 Å². The van der Waals surface area contributed by atoms with Crippen LogP contribution in [0.1, 0.15) is 15.9 Å². The Morgan fingerprint density at radius 1 is 1.22 bits per heavy atom. The minimum Gasteiger partial charge on any atom is -0.345 e. The van der Waals surface area contributed by atoms with Gasteiger partial charge in [-0.05, 0) is 30.7 Å². The van der Waals surface area contributed by atoms with Crippen molar-refractivity contribution in [1.82, 2.24) is 4.90 Å². The van der Waals surface area contributed by atoms with E-state index >= 15 is 0 Å². The van der Waals surface area contributed by atoms with Crippen LogP contribution in [0.15, 0.2) is 46.2 Å². The number of nitrogens with zero attached hydrogens (tertiary/aromatic N) is 2. The number of amides is 1. The quantitative estimate of drug-likeness (QED) is 0.628. The maximum atomic E-state index is 13.8. The molecule has 0 saturated heterocycles. The van der Waals surface area contributed by atoms with Crippen LogP contribution in [-0.4, -0.2) is 29.8 Å². The zero-order valence-electron chi connectivity index (χ0n) is 12.9. The van der Waals surface area contributed by atoms with Gasteiger partial charge in [0, 0.05) is 25.1 Å². The lowest BCUT2D eigenvalue weighted by Crippen LogP contribution is -2.22. The zero-order valence-corrected chi connectivity index (χ0v) is 13.7. The molecule has 23 heavy (non-hydrogen) atoms. The van der Waals surface area contributed by atoms with E-state index in [2.05, 4.69) is 0 Å². The molecule has 7 heteroatoms. The summed E-state index contributed by atoms with van der Waals surface area (Å²) in [6, 6.07) is 9.10. The smallest absolute Gasteiger partial charge is 0.283 e. The largest absolute Gasteiger partial charge is 0.345 e. The van der Waals surface area contributed by atoms with Gasteiger partial charge in [0.1, 0.15) is 5.82 Å². The van der Waals surface area contributed by atoms with E-state index in [4.69, 9.17) is 0 Å². The lowest BCUT2D eigenvalue weighted by Gasteiger charge is -2.14. The third-order valence-electron chi connectivity index (χ3n) is 3.18. The van der Waals surface area contributed by atoms with Crippen molar-refractivity contribution in [3.8, 4) is 0 Å². The average molecular weight is 334 g/mol. The number of nitro benzene ring substituents is 1. The number of hydrogen-bond donors (Lipinski definition) is 0. The van der Waals surface area contributed by atoms with Gasteiger partial charge < -0.3 is 4.90 Å². The van der Waals surface area contributed by atoms with E-state index in [-0.39, 0.29) is 22.1 Å². The van der Waals surface area contributed by atoms with Crippen LogP contribution in [0.5, 0.6) is 0 Å². The van der Waals surface area contributed by atoms with Crippen molar-refractivity contribution in [2.45, 2.75) is 16.7 Å². The summed E-state index contributed by atoms with van der Waals surface area (Å²) in [5, 5.41) is 11.2. The Hall–Kier alpha value is -2.41. The molecular formula is C16H15FN2O3S. The van der Waals surface area contributed by atoms with Gasteiger partial charge in [0.25, 0.3) is 11.6 Å². The second-order valence-corrected chi connectivity index (χ2v) is 6.21. The first kappa shape index (κ1) is 17.0. The van der Waals surface area contributed by atoms with E-state index in [1.165, 1.54) is 17.9 Å². The molecule has 5 nitrogen and oxygen atoms in total. The van der Waals surface area contributed by atoms with Crippen molar-refractivity contribution in [1.29, 1.82) is 0 Å². The predicted octanol–water partition coefficient (Wildman–Crippen LogP) is 3.90. The maximum absolute atomic E-state index is 13.8. The third kappa shape index (κ3) is 3.68.